The zero-order chi connectivity index (χ0) is 23.0. The molecule has 1 fully saturated rings. The van der Waals surface area contributed by atoms with Crippen LogP contribution in [0, 0.1) is 5.41 Å². The van der Waals surface area contributed by atoms with Gasteiger partial charge >= 0.3 is 0 Å². The Morgan fingerprint density at radius 3 is 2.66 bits per heavy atom. The molecule has 3 amide bonds. The van der Waals surface area contributed by atoms with Crippen LogP contribution in [0.1, 0.15) is 21.5 Å². The Morgan fingerprint density at radius 1 is 1.25 bits per heavy atom. The van der Waals surface area contributed by atoms with Gasteiger partial charge in [-0.1, -0.05) is 6.07 Å². The highest BCUT2D eigenvalue weighted by molar-refractivity contribution is 6.05. The van der Waals surface area contributed by atoms with Crippen molar-refractivity contribution in [3.63, 3.8) is 0 Å². The van der Waals surface area contributed by atoms with Crippen LogP contribution in [0.3, 0.4) is 0 Å². The molecule has 0 spiro atoms. The van der Waals surface area contributed by atoms with Gasteiger partial charge in [-0.05, 0) is 42.0 Å². The number of amides is 3. The minimum atomic E-state index is -1.74. The van der Waals surface area contributed by atoms with E-state index < -0.39 is 24.0 Å². The zero-order valence-corrected chi connectivity index (χ0v) is 17.4. The molecule has 2 heterocycles. The standard InChI is InChI=1S/C22H23N5O5/c1-26-11-13-4-7-15(10-16(13)21(26)30)27-8-9-32-18(22(27)31)17(28)20(29)25-14-5-2-12(3-6-14)19(23)24/h2-7,10,17-18,28H,8-9,11H2,1H3,(H3,23,24)(H,25,29)/t17-,18-/m1/s1. The Kier molecular flexibility index (Phi) is 5.64. The summed E-state index contributed by atoms with van der Waals surface area (Å²) in [7, 11) is 1.71. The summed E-state index contributed by atoms with van der Waals surface area (Å²) in [5.41, 5.74) is 8.20. The number of aliphatic hydroxyl groups is 1. The van der Waals surface area contributed by atoms with E-state index in [4.69, 9.17) is 15.9 Å². The molecule has 5 N–H and O–H groups in total. The quantitative estimate of drug-likeness (QED) is 0.390. The van der Waals surface area contributed by atoms with Crippen molar-refractivity contribution in [2.24, 2.45) is 5.73 Å². The van der Waals surface area contributed by atoms with Gasteiger partial charge in [0.2, 0.25) is 0 Å². The second-order valence-corrected chi connectivity index (χ2v) is 7.71. The fraction of sp³-hybridized carbons (Fsp3) is 0.273. The van der Waals surface area contributed by atoms with Gasteiger partial charge in [-0.25, -0.2) is 0 Å². The molecule has 2 aromatic rings. The first kappa shape index (κ1) is 21.5. The van der Waals surface area contributed by atoms with E-state index >= 15 is 0 Å². The van der Waals surface area contributed by atoms with Gasteiger partial charge in [-0.3, -0.25) is 19.8 Å². The van der Waals surface area contributed by atoms with Gasteiger partial charge in [0.15, 0.2) is 12.2 Å². The Labute approximate surface area is 184 Å². The lowest BCUT2D eigenvalue weighted by Crippen LogP contribution is -2.55. The molecule has 10 nitrogen and oxygen atoms in total. The summed E-state index contributed by atoms with van der Waals surface area (Å²) in [5.74, 6) is -1.59. The van der Waals surface area contributed by atoms with Gasteiger partial charge in [-0.15, -0.1) is 0 Å². The third kappa shape index (κ3) is 3.93. The number of carbonyl (C=O) groups excluding carboxylic acids is 3. The number of aliphatic hydroxyl groups excluding tert-OH is 1. The van der Waals surface area contributed by atoms with E-state index in [1.54, 1.807) is 42.3 Å². The van der Waals surface area contributed by atoms with E-state index in [2.05, 4.69) is 5.32 Å². The lowest BCUT2D eigenvalue weighted by Gasteiger charge is -2.34. The van der Waals surface area contributed by atoms with Crippen molar-refractivity contribution in [2.45, 2.75) is 18.8 Å². The Morgan fingerprint density at radius 2 is 1.97 bits per heavy atom. The van der Waals surface area contributed by atoms with Crippen LogP contribution in [0.25, 0.3) is 0 Å². The summed E-state index contributed by atoms with van der Waals surface area (Å²) < 4.78 is 5.42. The van der Waals surface area contributed by atoms with Crippen LogP contribution < -0.4 is 16.0 Å². The van der Waals surface area contributed by atoms with Gasteiger partial charge in [-0.2, -0.15) is 0 Å². The first-order chi connectivity index (χ1) is 15.3. The third-order valence-electron chi connectivity index (χ3n) is 5.53. The number of benzene rings is 2. The largest absolute Gasteiger partial charge is 0.384 e. The molecule has 10 heteroatoms. The number of ether oxygens (including phenoxy) is 1. The summed E-state index contributed by atoms with van der Waals surface area (Å²) in [5, 5.41) is 20.4. The SMILES string of the molecule is CN1Cc2ccc(N3CCO[C@H]([C@@H](O)C(=O)Nc4ccc(C(=N)N)cc4)C3=O)cc2C1=O. The van der Waals surface area contributed by atoms with Gasteiger partial charge in [0, 0.05) is 42.6 Å². The summed E-state index contributed by atoms with van der Waals surface area (Å²) in [4.78, 5) is 40.8. The summed E-state index contributed by atoms with van der Waals surface area (Å²) >= 11 is 0. The number of nitrogens with zero attached hydrogens (tertiary/aromatic N) is 2. The van der Waals surface area contributed by atoms with Crippen molar-refractivity contribution in [3.8, 4) is 0 Å². The maximum atomic E-state index is 13.0. The molecule has 32 heavy (non-hydrogen) atoms. The lowest BCUT2D eigenvalue weighted by molar-refractivity contribution is -0.150. The lowest BCUT2D eigenvalue weighted by atomic mass is 10.1. The number of rotatable bonds is 5. The van der Waals surface area contributed by atoms with Crippen LogP contribution in [0.2, 0.25) is 0 Å². The van der Waals surface area contributed by atoms with Crippen LogP contribution in [-0.4, -0.2) is 66.0 Å². The smallest absolute Gasteiger partial charge is 0.259 e. The molecule has 2 aliphatic heterocycles. The number of amidine groups is 1. The highest BCUT2D eigenvalue weighted by Gasteiger charge is 2.40. The number of fused-ring (bicyclic) bond motifs is 1. The molecule has 0 saturated carbocycles. The first-order valence-corrected chi connectivity index (χ1v) is 10.0. The van der Waals surface area contributed by atoms with Crippen LogP contribution >= 0.6 is 0 Å². The van der Waals surface area contributed by atoms with Gasteiger partial charge in [0.05, 0.1) is 6.61 Å². The maximum absolute atomic E-state index is 13.0. The van der Waals surface area contributed by atoms with Crippen molar-refractivity contribution in [2.75, 3.05) is 30.4 Å². The topological polar surface area (TPSA) is 149 Å². The van der Waals surface area contributed by atoms with Crippen molar-refractivity contribution in [1.29, 1.82) is 5.41 Å². The Balaban J connectivity index is 1.47. The predicted octanol–water partition coefficient (Wildman–Crippen LogP) is 0.288. The number of nitrogens with one attached hydrogen (secondary N) is 2. The van der Waals surface area contributed by atoms with E-state index in [1.807, 2.05) is 0 Å². The van der Waals surface area contributed by atoms with Crippen LogP contribution in [0.15, 0.2) is 42.5 Å². The molecule has 2 aromatic carbocycles. The zero-order valence-electron chi connectivity index (χ0n) is 17.4. The summed E-state index contributed by atoms with van der Waals surface area (Å²) in [6.07, 6.45) is -3.12. The minimum absolute atomic E-state index is 0.107. The highest BCUT2D eigenvalue weighted by Crippen LogP contribution is 2.28. The maximum Gasteiger partial charge on any atom is 0.259 e. The summed E-state index contributed by atoms with van der Waals surface area (Å²) in [6, 6.07) is 11.4. The van der Waals surface area contributed by atoms with E-state index in [1.165, 1.54) is 17.0 Å². The number of morpholine rings is 1. The molecule has 4 rings (SSSR count). The van der Waals surface area contributed by atoms with E-state index in [0.717, 1.165) is 5.56 Å². The fourth-order valence-electron chi connectivity index (χ4n) is 3.78. The average molecular weight is 437 g/mol. The molecular formula is C22H23N5O5. The van der Waals surface area contributed by atoms with Crippen molar-refractivity contribution in [1.82, 2.24) is 4.90 Å². The number of nitrogens with two attached hydrogens (primary N) is 1. The first-order valence-electron chi connectivity index (χ1n) is 10.0. The van der Waals surface area contributed by atoms with Crippen LogP contribution in [0.4, 0.5) is 11.4 Å². The summed E-state index contributed by atoms with van der Waals surface area (Å²) in [6.45, 7) is 0.873. The molecule has 2 aliphatic rings. The molecule has 0 radical (unpaired) electrons. The van der Waals surface area contributed by atoms with Crippen molar-refractivity contribution >= 4 is 34.9 Å². The van der Waals surface area contributed by atoms with E-state index in [-0.39, 0.29) is 24.9 Å². The third-order valence-corrected chi connectivity index (χ3v) is 5.53. The molecule has 0 aromatic heterocycles. The monoisotopic (exact) mass is 437 g/mol. The van der Waals surface area contributed by atoms with Crippen LogP contribution in [-0.2, 0) is 20.9 Å². The number of anilines is 2. The Bertz CT molecular complexity index is 1100. The van der Waals surface area contributed by atoms with E-state index in [9.17, 15) is 19.5 Å². The minimum Gasteiger partial charge on any atom is -0.384 e. The molecule has 1 saturated heterocycles. The molecule has 2 atom stereocenters. The second kappa shape index (κ2) is 8.40. The average Bonchev–Trinajstić information content (AvgIpc) is 3.07. The molecule has 166 valence electrons. The fourth-order valence-corrected chi connectivity index (χ4v) is 3.78. The number of hydrogen-bond donors (Lipinski definition) is 4. The highest BCUT2D eigenvalue weighted by atomic mass is 16.5. The normalized spacial score (nSPS) is 19.0. The van der Waals surface area contributed by atoms with Gasteiger partial charge < -0.3 is 30.7 Å². The van der Waals surface area contributed by atoms with E-state index in [0.29, 0.717) is 29.0 Å². The van der Waals surface area contributed by atoms with Crippen LogP contribution in [0.5, 0.6) is 0 Å². The van der Waals surface area contributed by atoms with Crippen molar-refractivity contribution < 1.29 is 24.2 Å². The Hall–Kier alpha value is -3.76. The number of carbonyl (C=O) groups is 3. The van der Waals surface area contributed by atoms with Crippen molar-refractivity contribution in [3.05, 3.63) is 59.2 Å². The van der Waals surface area contributed by atoms with Gasteiger partial charge in [0.1, 0.15) is 5.84 Å². The predicted molar refractivity (Wildman–Crippen MR) is 116 cm³/mol. The molecule has 0 bridgehead atoms. The molecular weight excluding hydrogens is 414 g/mol. The second-order valence-electron chi connectivity index (χ2n) is 7.71. The molecule has 0 unspecified atom stereocenters. The number of nitrogen functional groups attached to an aromatic ring is 1. The van der Waals surface area contributed by atoms with Gasteiger partial charge in [0.25, 0.3) is 17.7 Å². The molecule has 0 aliphatic carbocycles. The number of hydrogen-bond acceptors (Lipinski definition) is 6.